The zero-order valence-corrected chi connectivity index (χ0v) is 12.4. The minimum Gasteiger partial charge on any atom is -0.389 e. The first kappa shape index (κ1) is 14.8. The van der Waals surface area contributed by atoms with Crippen LogP contribution in [0.4, 0.5) is 5.82 Å². The summed E-state index contributed by atoms with van der Waals surface area (Å²) in [5, 5.41) is 11.8. The first-order chi connectivity index (χ1) is 8.54. The number of nitrogens with one attached hydrogen (secondary N) is 1. The Labute approximate surface area is 114 Å². The van der Waals surface area contributed by atoms with Crippen LogP contribution >= 0.6 is 12.2 Å². The average molecular weight is 266 g/mol. The van der Waals surface area contributed by atoms with Crippen LogP contribution in [0.2, 0.25) is 0 Å². The second-order valence-electron chi connectivity index (χ2n) is 4.37. The third kappa shape index (κ3) is 3.16. The van der Waals surface area contributed by atoms with Gasteiger partial charge in [0.2, 0.25) is 0 Å². The van der Waals surface area contributed by atoms with Crippen molar-refractivity contribution in [1.82, 2.24) is 10.2 Å². The van der Waals surface area contributed by atoms with Crippen LogP contribution in [0.25, 0.3) is 0 Å². The van der Waals surface area contributed by atoms with E-state index in [1.807, 2.05) is 0 Å². The number of aromatic nitrogens is 2. The summed E-state index contributed by atoms with van der Waals surface area (Å²) in [7, 11) is 0. The van der Waals surface area contributed by atoms with Gasteiger partial charge in [-0.2, -0.15) is 5.10 Å². The molecule has 1 heterocycles. The first-order valence-corrected chi connectivity index (χ1v) is 6.90. The molecule has 0 saturated heterocycles. The Morgan fingerprint density at radius 3 is 2.39 bits per heavy atom. The highest BCUT2D eigenvalue weighted by molar-refractivity contribution is 7.80. The third-order valence-corrected chi connectivity index (χ3v) is 3.29. The molecule has 3 N–H and O–H groups in total. The normalized spacial score (nSPS) is 12.2. The number of thiocarbonyl (C=S) groups is 1. The minimum atomic E-state index is 0.324. The Bertz CT molecular complexity index is 431. The zero-order valence-electron chi connectivity index (χ0n) is 11.6. The Morgan fingerprint density at radius 1 is 1.28 bits per heavy atom. The molecule has 4 nitrogen and oxygen atoms in total. The lowest BCUT2D eigenvalue weighted by atomic mass is 10.0. The van der Waals surface area contributed by atoms with Crippen molar-refractivity contribution in [2.24, 2.45) is 5.73 Å². The van der Waals surface area contributed by atoms with Crippen molar-refractivity contribution in [3.63, 3.8) is 0 Å². The van der Waals surface area contributed by atoms with E-state index in [1.165, 1.54) is 0 Å². The standard InChI is InChI=1S/C13H22N4S/c1-5-8(4)15-13-11(12(14)18)9(6-2)10(7-3)16-17-13/h8H,5-7H2,1-4H3,(H2,14,18)(H,15,17). The number of anilines is 1. The largest absolute Gasteiger partial charge is 0.389 e. The van der Waals surface area contributed by atoms with Gasteiger partial charge in [-0.3, -0.25) is 0 Å². The second kappa shape index (κ2) is 6.64. The van der Waals surface area contributed by atoms with Gasteiger partial charge in [0.15, 0.2) is 5.82 Å². The van der Waals surface area contributed by atoms with E-state index < -0.39 is 0 Å². The maximum Gasteiger partial charge on any atom is 0.159 e. The van der Waals surface area contributed by atoms with Gasteiger partial charge in [-0.1, -0.05) is 33.0 Å². The molecule has 0 aliphatic heterocycles. The number of hydrogen-bond donors (Lipinski definition) is 2. The third-order valence-electron chi connectivity index (χ3n) is 3.09. The highest BCUT2D eigenvalue weighted by atomic mass is 32.1. The van der Waals surface area contributed by atoms with Gasteiger partial charge < -0.3 is 11.1 Å². The van der Waals surface area contributed by atoms with E-state index in [0.29, 0.717) is 16.8 Å². The molecule has 1 atom stereocenters. The molecule has 0 amide bonds. The van der Waals surface area contributed by atoms with Gasteiger partial charge in [0.1, 0.15) is 4.99 Å². The fourth-order valence-electron chi connectivity index (χ4n) is 1.87. The summed E-state index contributed by atoms with van der Waals surface area (Å²) in [4.78, 5) is 0.391. The molecule has 0 aromatic carbocycles. The van der Waals surface area contributed by atoms with Crippen LogP contribution in [-0.2, 0) is 12.8 Å². The molecule has 0 spiro atoms. The van der Waals surface area contributed by atoms with Crippen LogP contribution in [0, 0.1) is 0 Å². The zero-order chi connectivity index (χ0) is 13.7. The quantitative estimate of drug-likeness (QED) is 0.774. The monoisotopic (exact) mass is 266 g/mol. The smallest absolute Gasteiger partial charge is 0.159 e. The van der Waals surface area contributed by atoms with E-state index >= 15 is 0 Å². The molecule has 0 aliphatic rings. The molecular weight excluding hydrogens is 244 g/mol. The maximum atomic E-state index is 5.86. The fourth-order valence-corrected chi connectivity index (χ4v) is 2.09. The Balaban J connectivity index is 3.30. The van der Waals surface area contributed by atoms with Gasteiger partial charge in [-0.05, 0) is 31.7 Å². The van der Waals surface area contributed by atoms with Crippen LogP contribution in [-0.4, -0.2) is 21.2 Å². The molecule has 100 valence electrons. The predicted molar refractivity (Wildman–Crippen MR) is 80.1 cm³/mol. The molecule has 0 bridgehead atoms. The van der Waals surface area contributed by atoms with E-state index in [1.54, 1.807) is 0 Å². The van der Waals surface area contributed by atoms with E-state index in [0.717, 1.165) is 36.1 Å². The van der Waals surface area contributed by atoms with Crippen molar-refractivity contribution < 1.29 is 0 Å². The average Bonchev–Trinajstić information content (AvgIpc) is 2.37. The number of aryl methyl sites for hydroxylation is 1. The Kier molecular flexibility index (Phi) is 5.47. The molecule has 0 saturated carbocycles. The Morgan fingerprint density at radius 2 is 1.94 bits per heavy atom. The minimum absolute atomic E-state index is 0.324. The molecule has 1 aromatic heterocycles. The molecule has 18 heavy (non-hydrogen) atoms. The van der Waals surface area contributed by atoms with Crippen molar-refractivity contribution in [2.75, 3.05) is 5.32 Å². The molecule has 0 radical (unpaired) electrons. The van der Waals surface area contributed by atoms with Crippen LogP contribution in [0.3, 0.4) is 0 Å². The SMILES string of the molecule is CCc1nnc(NC(C)CC)c(C(N)=S)c1CC. The van der Waals surface area contributed by atoms with Gasteiger partial charge in [0, 0.05) is 6.04 Å². The summed E-state index contributed by atoms with van der Waals surface area (Å²) in [6.45, 7) is 8.37. The van der Waals surface area contributed by atoms with E-state index in [-0.39, 0.29) is 0 Å². The number of hydrogen-bond acceptors (Lipinski definition) is 4. The summed E-state index contributed by atoms with van der Waals surface area (Å²) < 4.78 is 0. The topological polar surface area (TPSA) is 63.8 Å². The van der Waals surface area contributed by atoms with Crippen molar-refractivity contribution in [3.8, 4) is 0 Å². The lowest BCUT2D eigenvalue weighted by Crippen LogP contribution is -2.23. The molecule has 1 rings (SSSR count). The van der Waals surface area contributed by atoms with Crippen LogP contribution < -0.4 is 11.1 Å². The number of nitrogens with zero attached hydrogens (tertiary/aromatic N) is 2. The summed E-state index contributed by atoms with van der Waals surface area (Å²) in [6.07, 6.45) is 2.71. The highest BCUT2D eigenvalue weighted by Gasteiger charge is 2.17. The lowest BCUT2D eigenvalue weighted by Gasteiger charge is -2.18. The molecule has 0 fully saturated rings. The van der Waals surface area contributed by atoms with E-state index in [2.05, 4.69) is 43.2 Å². The van der Waals surface area contributed by atoms with Crippen molar-refractivity contribution in [2.45, 2.75) is 53.0 Å². The second-order valence-corrected chi connectivity index (χ2v) is 4.81. The van der Waals surface area contributed by atoms with E-state index in [4.69, 9.17) is 18.0 Å². The summed E-state index contributed by atoms with van der Waals surface area (Å²) >= 11 is 5.17. The number of nitrogens with two attached hydrogens (primary N) is 1. The highest BCUT2D eigenvalue weighted by Crippen LogP contribution is 2.21. The maximum absolute atomic E-state index is 5.86. The molecular formula is C13H22N4S. The Hall–Kier alpha value is -1.23. The summed E-state index contributed by atoms with van der Waals surface area (Å²) in [6, 6.07) is 0.324. The van der Waals surface area contributed by atoms with Gasteiger partial charge >= 0.3 is 0 Å². The van der Waals surface area contributed by atoms with Gasteiger partial charge in [-0.15, -0.1) is 5.10 Å². The van der Waals surface area contributed by atoms with Crippen LogP contribution in [0.1, 0.15) is 50.9 Å². The summed E-state index contributed by atoms with van der Waals surface area (Å²) in [5.74, 6) is 0.714. The molecule has 0 aliphatic carbocycles. The van der Waals surface area contributed by atoms with Crippen LogP contribution in [0.5, 0.6) is 0 Å². The van der Waals surface area contributed by atoms with Gasteiger partial charge in [0.05, 0.1) is 11.3 Å². The van der Waals surface area contributed by atoms with Crippen LogP contribution in [0.15, 0.2) is 0 Å². The lowest BCUT2D eigenvalue weighted by molar-refractivity contribution is 0.749. The van der Waals surface area contributed by atoms with Gasteiger partial charge in [0.25, 0.3) is 0 Å². The molecule has 1 unspecified atom stereocenters. The van der Waals surface area contributed by atoms with E-state index in [9.17, 15) is 0 Å². The summed E-state index contributed by atoms with van der Waals surface area (Å²) in [5.41, 5.74) is 8.81. The van der Waals surface area contributed by atoms with Crippen molar-refractivity contribution >= 4 is 23.0 Å². The predicted octanol–water partition coefficient (Wildman–Crippen LogP) is 2.45. The van der Waals surface area contributed by atoms with Gasteiger partial charge in [-0.25, -0.2) is 0 Å². The fraction of sp³-hybridized carbons (Fsp3) is 0.615. The molecule has 5 heteroatoms. The molecule has 1 aromatic rings. The van der Waals surface area contributed by atoms with Crippen molar-refractivity contribution in [3.05, 3.63) is 16.8 Å². The number of rotatable bonds is 6. The van der Waals surface area contributed by atoms with Crippen molar-refractivity contribution in [1.29, 1.82) is 0 Å². The first-order valence-electron chi connectivity index (χ1n) is 6.49.